The Bertz CT molecular complexity index is 954. The highest BCUT2D eigenvalue weighted by Crippen LogP contribution is 2.29. The molecule has 0 radical (unpaired) electrons. The molecule has 29 heavy (non-hydrogen) atoms. The summed E-state index contributed by atoms with van der Waals surface area (Å²) in [5, 5.41) is 5.86. The van der Waals surface area contributed by atoms with E-state index >= 15 is 0 Å². The van der Waals surface area contributed by atoms with Gasteiger partial charge >= 0.3 is 5.97 Å². The monoisotopic (exact) mass is 395 g/mol. The van der Waals surface area contributed by atoms with E-state index in [-0.39, 0.29) is 18.1 Å². The van der Waals surface area contributed by atoms with Gasteiger partial charge in [0.15, 0.2) is 5.82 Å². The third-order valence-corrected chi connectivity index (χ3v) is 4.65. The van der Waals surface area contributed by atoms with Gasteiger partial charge in [-0.2, -0.15) is 0 Å². The van der Waals surface area contributed by atoms with Crippen LogP contribution < -0.4 is 10.6 Å². The van der Waals surface area contributed by atoms with Gasteiger partial charge in [-0.1, -0.05) is 30.4 Å². The molecule has 0 saturated heterocycles. The molecule has 2 N–H and O–H groups in total. The standard InChI is InChI=1S/C22H22FN3O3/c1-3-12-29-22(28)20-19(14(2)8-11-25-20)15-4-6-16(7-5-15)26-21(27)17-9-10-24-13-18(17)23/h3-7,9-10,13,20,25H,1,8,11-12H2,2H3,(H,26,27). The number of amides is 1. The molecule has 1 amide bonds. The molecule has 1 aliphatic rings. The maximum Gasteiger partial charge on any atom is 0.328 e. The van der Waals surface area contributed by atoms with Crippen molar-refractivity contribution in [2.24, 2.45) is 0 Å². The van der Waals surface area contributed by atoms with E-state index < -0.39 is 17.8 Å². The normalized spacial score (nSPS) is 16.3. The SMILES string of the molecule is C=CCOC(=O)C1NCCC(C)=C1c1ccc(NC(=O)c2ccncc2F)cc1. The van der Waals surface area contributed by atoms with E-state index in [1.54, 1.807) is 12.1 Å². The van der Waals surface area contributed by atoms with E-state index in [0.29, 0.717) is 12.2 Å². The van der Waals surface area contributed by atoms with Crippen molar-refractivity contribution in [2.45, 2.75) is 19.4 Å². The van der Waals surface area contributed by atoms with Crippen LogP contribution in [-0.2, 0) is 9.53 Å². The maximum atomic E-state index is 13.7. The van der Waals surface area contributed by atoms with E-state index in [1.165, 1.54) is 18.3 Å². The first-order valence-electron chi connectivity index (χ1n) is 9.23. The van der Waals surface area contributed by atoms with Crippen molar-refractivity contribution in [2.75, 3.05) is 18.5 Å². The minimum Gasteiger partial charge on any atom is -0.460 e. The van der Waals surface area contributed by atoms with E-state index in [9.17, 15) is 14.0 Å². The van der Waals surface area contributed by atoms with Crippen molar-refractivity contribution in [1.29, 1.82) is 0 Å². The number of rotatable bonds is 6. The Hall–Kier alpha value is -3.32. The molecule has 0 fully saturated rings. The molecule has 0 bridgehead atoms. The molecular formula is C22H22FN3O3. The highest BCUT2D eigenvalue weighted by molar-refractivity contribution is 6.04. The van der Waals surface area contributed by atoms with Crippen LogP contribution in [0.5, 0.6) is 0 Å². The molecule has 2 aromatic rings. The quantitative estimate of drug-likeness (QED) is 0.579. The number of anilines is 1. The number of hydrogen-bond acceptors (Lipinski definition) is 5. The predicted molar refractivity (Wildman–Crippen MR) is 109 cm³/mol. The first-order chi connectivity index (χ1) is 14.0. The van der Waals surface area contributed by atoms with Crippen LogP contribution in [0.1, 0.15) is 29.3 Å². The maximum absolute atomic E-state index is 13.7. The second-order valence-corrected chi connectivity index (χ2v) is 6.64. The summed E-state index contributed by atoms with van der Waals surface area (Å²) in [4.78, 5) is 28.3. The minimum atomic E-state index is -0.684. The van der Waals surface area contributed by atoms with Gasteiger partial charge in [0.25, 0.3) is 5.91 Å². The van der Waals surface area contributed by atoms with Gasteiger partial charge in [-0.3, -0.25) is 9.78 Å². The number of carbonyl (C=O) groups is 2. The summed E-state index contributed by atoms with van der Waals surface area (Å²) < 4.78 is 18.9. The van der Waals surface area contributed by atoms with Crippen LogP contribution in [0.4, 0.5) is 10.1 Å². The lowest BCUT2D eigenvalue weighted by atomic mass is 9.89. The van der Waals surface area contributed by atoms with Crippen molar-refractivity contribution < 1.29 is 18.7 Å². The summed E-state index contributed by atoms with van der Waals surface area (Å²) in [6, 6.07) is 7.83. The molecule has 0 spiro atoms. The molecule has 0 aliphatic carbocycles. The third kappa shape index (κ3) is 4.75. The number of hydrogen-bond donors (Lipinski definition) is 2. The third-order valence-electron chi connectivity index (χ3n) is 4.65. The fraction of sp³-hybridized carbons (Fsp3) is 0.227. The fourth-order valence-electron chi connectivity index (χ4n) is 3.22. The van der Waals surface area contributed by atoms with Crippen LogP contribution in [0.15, 0.2) is 61.0 Å². The van der Waals surface area contributed by atoms with Gasteiger partial charge in [-0.15, -0.1) is 0 Å². The Labute approximate surface area is 168 Å². The Morgan fingerprint density at radius 3 is 2.79 bits per heavy atom. The molecule has 1 atom stereocenters. The summed E-state index contributed by atoms with van der Waals surface area (Å²) in [5.41, 5.74) is 3.25. The lowest BCUT2D eigenvalue weighted by Gasteiger charge is -2.27. The zero-order chi connectivity index (χ0) is 20.8. The molecule has 1 unspecified atom stereocenters. The highest BCUT2D eigenvalue weighted by Gasteiger charge is 2.29. The second kappa shape index (κ2) is 9.25. The zero-order valence-corrected chi connectivity index (χ0v) is 16.1. The van der Waals surface area contributed by atoms with Crippen molar-refractivity contribution in [3.05, 3.63) is 77.9 Å². The fourth-order valence-corrected chi connectivity index (χ4v) is 3.22. The number of carbonyl (C=O) groups excluding carboxylic acids is 2. The number of nitrogens with one attached hydrogen (secondary N) is 2. The average Bonchev–Trinajstić information content (AvgIpc) is 2.73. The molecule has 6 nitrogen and oxygen atoms in total. The number of pyridine rings is 1. The summed E-state index contributed by atoms with van der Waals surface area (Å²) in [6.45, 7) is 6.39. The topological polar surface area (TPSA) is 80.3 Å². The number of ether oxygens (including phenoxy) is 1. The summed E-state index contributed by atoms with van der Waals surface area (Å²) in [5.74, 6) is -1.60. The number of esters is 1. The van der Waals surface area contributed by atoms with E-state index in [1.807, 2.05) is 19.1 Å². The van der Waals surface area contributed by atoms with E-state index in [2.05, 4.69) is 22.2 Å². The first-order valence-corrected chi connectivity index (χ1v) is 9.23. The molecule has 3 rings (SSSR count). The Morgan fingerprint density at radius 2 is 2.10 bits per heavy atom. The van der Waals surface area contributed by atoms with Crippen LogP contribution >= 0.6 is 0 Å². The number of nitrogens with zero attached hydrogens (tertiary/aromatic N) is 1. The van der Waals surface area contributed by atoms with E-state index in [4.69, 9.17) is 4.74 Å². The number of benzene rings is 1. The lowest BCUT2D eigenvalue weighted by molar-refractivity contribution is -0.143. The van der Waals surface area contributed by atoms with Gasteiger partial charge in [-0.25, -0.2) is 9.18 Å². The van der Waals surface area contributed by atoms with Crippen molar-refractivity contribution >= 4 is 23.1 Å². The van der Waals surface area contributed by atoms with Gasteiger partial charge < -0.3 is 15.4 Å². The van der Waals surface area contributed by atoms with Gasteiger partial charge in [0.1, 0.15) is 12.6 Å². The molecule has 0 saturated carbocycles. The molecule has 7 heteroatoms. The molecule has 150 valence electrons. The summed E-state index contributed by atoms with van der Waals surface area (Å²) >= 11 is 0. The zero-order valence-electron chi connectivity index (χ0n) is 16.1. The van der Waals surface area contributed by atoms with Crippen molar-refractivity contribution in [3.8, 4) is 0 Å². The van der Waals surface area contributed by atoms with E-state index in [0.717, 1.165) is 29.3 Å². The minimum absolute atomic E-state index is 0.0795. The molecule has 1 aliphatic heterocycles. The molecule has 1 aromatic heterocycles. The van der Waals surface area contributed by atoms with Crippen LogP contribution in [0.2, 0.25) is 0 Å². The second-order valence-electron chi connectivity index (χ2n) is 6.64. The smallest absolute Gasteiger partial charge is 0.328 e. The Kier molecular flexibility index (Phi) is 6.51. The molecule has 1 aromatic carbocycles. The highest BCUT2D eigenvalue weighted by atomic mass is 19.1. The first kappa shape index (κ1) is 20.4. The largest absolute Gasteiger partial charge is 0.460 e. The molecular weight excluding hydrogens is 373 g/mol. The predicted octanol–water partition coefficient (Wildman–Crippen LogP) is 3.34. The van der Waals surface area contributed by atoms with Crippen molar-refractivity contribution in [1.82, 2.24) is 10.3 Å². The van der Waals surface area contributed by atoms with Gasteiger partial charge in [-0.05, 0) is 49.2 Å². The average molecular weight is 395 g/mol. The summed E-state index contributed by atoms with van der Waals surface area (Å²) in [6.07, 6.45) is 4.70. The van der Waals surface area contributed by atoms with Crippen LogP contribution in [0, 0.1) is 5.82 Å². The van der Waals surface area contributed by atoms with Crippen molar-refractivity contribution in [3.63, 3.8) is 0 Å². The van der Waals surface area contributed by atoms with Gasteiger partial charge in [0, 0.05) is 11.9 Å². The van der Waals surface area contributed by atoms with Crippen LogP contribution in [0.3, 0.4) is 0 Å². The lowest BCUT2D eigenvalue weighted by Crippen LogP contribution is -2.42. The van der Waals surface area contributed by atoms with Gasteiger partial charge in [0.05, 0.1) is 11.8 Å². The van der Waals surface area contributed by atoms with Crippen LogP contribution in [-0.4, -0.2) is 36.1 Å². The summed E-state index contributed by atoms with van der Waals surface area (Å²) in [7, 11) is 0. The van der Waals surface area contributed by atoms with Crippen LogP contribution in [0.25, 0.3) is 5.57 Å². The van der Waals surface area contributed by atoms with Gasteiger partial charge in [0.2, 0.25) is 0 Å². The number of halogens is 1. The molecule has 2 heterocycles. The Balaban J connectivity index is 1.79. The Morgan fingerprint density at radius 1 is 1.34 bits per heavy atom. The number of aromatic nitrogens is 1.